The van der Waals surface area contributed by atoms with E-state index in [1.807, 2.05) is 6.07 Å². The van der Waals surface area contributed by atoms with Crippen LogP contribution in [0.2, 0.25) is 0 Å². The van der Waals surface area contributed by atoms with Crippen molar-refractivity contribution in [1.82, 2.24) is 9.78 Å². The molecule has 0 spiro atoms. The van der Waals surface area contributed by atoms with E-state index in [0.717, 1.165) is 20.7 Å². The first kappa shape index (κ1) is 12.1. The van der Waals surface area contributed by atoms with E-state index < -0.39 is 0 Å². The molecule has 2 heterocycles. The van der Waals surface area contributed by atoms with Crippen molar-refractivity contribution in [2.45, 2.75) is 6.54 Å². The van der Waals surface area contributed by atoms with Crippen LogP contribution in [0.15, 0.2) is 30.3 Å². The fourth-order valence-electron chi connectivity index (χ4n) is 1.96. The zero-order valence-corrected chi connectivity index (χ0v) is 10.8. The van der Waals surface area contributed by atoms with Crippen LogP contribution in [0.5, 0.6) is 0 Å². The van der Waals surface area contributed by atoms with Crippen molar-refractivity contribution in [1.29, 1.82) is 0 Å². The van der Waals surface area contributed by atoms with E-state index in [-0.39, 0.29) is 12.4 Å². The molecule has 6 heteroatoms. The van der Waals surface area contributed by atoms with E-state index >= 15 is 0 Å². The van der Waals surface area contributed by atoms with Crippen LogP contribution in [-0.4, -0.2) is 21.5 Å². The first-order chi connectivity index (χ1) is 9.17. The molecule has 0 bridgehead atoms. The molecule has 3 aromatic rings. The normalized spacial score (nSPS) is 11.3. The summed E-state index contributed by atoms with van der Waals surface area (Å²) in [5.41, 5.74) is 6.56. The molecule has 3 N–H and O–H groups in total. The highest BCUT2D eigenvalue weighted by molar-refractivity contribution is 7.22. The second kappa shape index (κ2) is 4.64. The monoisotopic (exact) mass is 277 g/mol. The second-order valence-corrected chi connectivity index (χ2v) is 5.28. The third kappa shape index (κ3) is 2.20. The van der Waals surface area contributed by atoms with Gasteiger partial charge in [-0.05, 0) is 23.6 Å². The lowest BCUT2D eigenvalue weighted by molar-refractivity contribution is 0.270. The first-order valence-electron chi connectivity index (χ1n) is 5.81. The number of benzene rings is 1. The Balaban J connectivity index is 2.06. The van der Waals surface area contributed by atoms with E-state index in [0.29, 0.717) is 12.4 Å². The largest absolute Gasteiger partial charge is 0.394 e. The van der Waals surface area contributed by atoms with Gasteiger partial charge in [0.25, 0.3) is 0 Å². The number of aliphatic hydroxyl groups excluding tert-OH is 1. The summed E-state index contributed by atoms with van der Waals surface area (Å²) in [6.07, 6.45) is 0. The molecule has 4 nitrogen and oxygen atoms in total. The highest BCUT2D eigenvalue weighted by atomic mass is 32.1. The lowest BCUT2D eigenvalue weighted by Gasteiger charge is -1.98. The molecule has 0 saturated carbocycles. The van der Waals surface area contributed by atoms with Gasteiger partial charge in [0, 0.05) is 10.8 Å². The summed E-state index contributed by atoms with van der Waals surface area (Å²) in [5.74, 6) is 0.263. The van der Waals surface area contributed by atoms with Gasteiger partial charge in [-0.25, -0.2) is 9.07 Å². The number of nitrogens with two attached hydrogens (primary N) is 1. The summed E-state index contributed by atoms with van der Waals surface area (Å²) < 4.78 is 15.6. The molecule has 0 unspecified atom stereocenters. The van der Waals surface area contributed by atoms with Crippen molar-refractivity contribution in [3.63, 3.8) is 0 Å². The van der Waals surface area contributed by atoms with Crippen LogP contribution in [0, 0.1) is 5.82 Å². The molecule has 0 saturated heterocycles. The van der Waals surface area contributed by atoms with Crippen molar-refractivity contribution in [3.8, 4) is 10.6 Å². The molecule has 0 atom stereocenters. The molecular formula is C13H12FN3OS. The van der Waals surface area contributed by atoms with E-state index in [9.17, 15) is 4.39 Å². The molecule has 0 amide bonds. The summed E-state index contributed by atoms with van der Waals surface area (Å²) in [6.45, 7) is 0.355. The molecule has 0 aliphatic rings. The first-order valence-corrected chi connectivity index (χ1v) is 6.62. The zero-order valence-electron chi connectivity index (χ0n) is 10.0. The predicted molar refractivity (Wildman–Crippen MR) is 74.5 cm³/mol. The molecule has 0 aliphatic heterocycles. The molecule has 19 heavy (non-hydrogen) atoms. The maximum absolute atomic E-state index is 13.2. The lowest BCUT2D eigenvalue weighted by atomic mass is 10.2. The van der Waals surface area contributed by atoms with Gasteiger partial charge in [-0.15, -0.1) is 11.3 Å². The molecule has 3 rings (SSSR count). The van der Waals surface area contributed by atoms with E-state index in [2.05, 4.69) is 5.10 Å². The Kier molecular flexibility index (Phi) is 2.96. The molecule has 0 radical (unpaired) electrons. The Morgan fingerprint density at radius 3 is 2.95 bits per heavy atom. The minimum absolute atomic E-state index is 0.0110. The van der Waals surface area contributed by atoms with Crippen LogP contribution in [0.25, 0.3) is 20.7 Å². The Morgan fingerprint density at radius 2 is 2.16 bits per heavy atom. The Hall–Kier alpha value is -1.92. The van der Waals surface area contributed by atoms with Crippen molar-refractivity contribution >= 4 is 27.2 Å². The number of aromatic nitrogens is 2. The number of fused-ring (bicyclic) bond motifs is 1. The predicted octanol–water partition coefficient (Wildman–Crippen LogP) is 2.48. The summed E-state index contributed by atoms with van der Waals surface area (Å²) in [4.78, 5) is 0.934. The van der Waals surface area contributed by atoms with Crippen LogP contribution >= 0.6 is 11.3 Å². The Labute approximate surface area is 112 Å². The van der Waals surface area contributed by atoms with Gasteiger partial charge in [-0.1, -0.05) is 6.07 Å². The SMILES string of the molecule is Nc1cc(-c2cc3ccc(F)cc3s2)nn1CCO. The van der Waals surface area contributed by atoms with Gasteiger partial charge in [0.15, 0.2) is 0 Å². The van der Waals surface area contributed by atoms with E-state index in [1.54, 1.807) is 16.8 Å². The van der Waals surface area contributed by atoms with Crippen LogP contribution in [-0.2, 0) is 6.54 Å². The van der Waals surface area contributed by atoms with Gasteiger partial charge >= 0.3 is 0 Å². The van der Waals surface area contributed by atoms with Crippen LogP contribution < -0.4 is 5.73 Å². The molecule has 1 aromatic carbocycles. The standard InChI is InChI=1S/C13H12FN3OS/c14-9-2-1-8-5-12(19-11(8)6-9)10-7-13(15)17(16-10)3-4-18/h1-2,5-7,18H,3-4,15H2. The van der Waals surface area contributed by atoms with Gasteiger partial charge in [0.2, 0.25) is 0 Å². The number of hydrogen-bond donors (Lipinski definition) is 2. The Morgan fingerprint density at radius 1 is 1.32 bits per heavy atom. The maximum atomic E-state index is 13.2. The number of rotatable bonds is 3. The fourth-order valence-corrected chi connectivity index (χ4v) is 3.00. The number of aliphatic hydroxyl groups is 1. The van der Waals surface area contributed by atoms with E-state index in [1.165, 1.54) is 23.5 Å². The lowest BCUT2D eigenvalue weighted by Crippen LogP contribution is -2.07. The van der Waals surface area contributed by atoms with Gasteiger partial charge in [-0.3, -0.25) is 0 Å². The molecule has 0 fully saturated rings. The van der Waals surface area contributed by atoms with Crippen molar-refractivity contribution in [3.05, 3.63) is 36.1 Å². The quantitative estimate of drug-likeness (QED) is 0.773. The molecular weight excluding hydrogens is 265 g/mol. The third-order valence-corrected chi connectivity index (χ3v) is 3.98. The molecule has 0 aliphatic carbocycles. The highest BCUT2D eigenvalue weighted by Gasteiger charge is 2.10. The summed E-state index contributed by atoms with van der Waals surface area (Å²) in [5, 5.41) is 14.2. The van der Waals surface area contributed by atoms with Gasteiger partial charge < -0.3 is 10.8 Å². The number of anilines is 1. The van der Waals surface area contributed by atoms with Crippen LogP contribution in [0.4, 0.5) is 10.2 Å². The number of nitrogens with zero attached hydrogens (tertiary/aromatic N) is 2. The Bertz CT molecular complexity index is 735. The van der Waals surface area contributed by atoms with Gasteiger partial charge in [0.1, 0.15) is 17.3 Å². The zero-order chi connectivity index (χ0) is 13.4. The summed E-state index contributed by atoms with van der Waals surface area (Å²) in [6, 6.07) is 8.43. The highest BCUT2D eigenvalue weighted by Crippen LogP contribution is 2.33. The van der Waals surface area contributed by atoms with Crippen molar-refractivity contribution in [2.24, 2.45) is 0 Å². The van der Waals surface area contributed by atoms with Crippen molar-refractivity contribution < 1.29 is 9.50 Å². The topological polar surface area (TPSA) is 64.1 Å². The number of thiophene rings is 1. The average Bonchev–Trinajstić information content (AvgIpc) is 2.94. The average molecular weight is 277 g/mol. The van der Waals surface area contributed by atoms with Gasteiger partial charge in [-0.2, -0.15) is 5.10 Å². The maximum Gasteiger partial charge on any atom is 0.124 e. The molecule has 2 aromatic heterocycles. The third-order valence-electron chi connectivity index (χ3n) is 2.86. The minimum Gasteiger partial charge on any atom is -0.394 e. The fraction of sp³-hybridized carbons (Fsp3) is 0.154. The minimum atomic E-state index is -0.244. The van der Waals surface area contributed by atoms with Crippen molar-refractivity contribution in [2.75, 3.05) is 12.3 Å². The summed E-state index contributed by atoms with van der Waals surface area (Å²) in [7, 11) is 0. The molecule has 98 valence electrons. The number of nitrogen functional groups attached to an aromatic ring is 1. The van der Waals surface area contributed by atoms with Crippen LogP contribution in [0.1, 0.15) is 0 Å². The van der Waals surface area contributed by atoms with E-state index in [4.69, 9.17) is 10.8 Å². The van der Waals surface area contributed by atoms with Gasteiger partial charge in [0.05, 0.1) is 18.0 Å². The second-order valence-electron chi connectivity index (χ2n) is 4.19. The van der Waals surface area contributed by atoms with Crippen LogP contribution in [0.3, 0.4) is 0 Å². The smallest absolute Gasteiger partial charge is 0.124 e. The number of halogens is 1. The summed E-state index contributed by atoms with van der Waals surface area (Å²) >= 11 is 1.47. The number of hydrogen-bond acceptors (Lipinski definition) is 4.